The number of benzene rings is 1. The van der Waals surface area contributed by atoms with Gasteiger partial charge in [-0.15, -0.1) is 0 Å². The Labute approximate surface area is 112 Å². The molecule has 8 heteroatoms. The number of nitrogen functional groups attached to an aromatic ring is 1. The molecule has 0 unspecified atom stereocenters. The van der Waals surface area contributed by atoms with Crippen molar-refractivity contribution in [1.29, 1.82) is 0 Å². The van der Waals surface area contributed by atoms with Crippen molar-refractivity contribution in [2.45, 2.75) is 10.1 Å². The Balaban J connectivity index is 1.94. The maximum Gasteiger partial charge on any atom is 0.257 e. The molecule has 7 nitrogen and oxygen atoms in total. The zero-order chi connectivity index (χ0) is 13.1. The van der Waals surface area contributed by atoms with Crippen LogP contribution in [0.3, 0.4) is 0 Å². The van der Waals surface area contributed by atoms with E-state index in [-0.39, 0.29) is 5.95 Å². The molecule has 0 fully saturated rings. The first-order chi connectivity index (χ1) is 9.31. The summed E-state index contributed by atoms with van der Waals surface area (Å²) in [6.45, 7) is 0. The average molecular weight is 271 g/mol. The minimum absolute atomic E-state index is 0.152. The minimum atomic E-state index is 0.152. The second-order valence-electron chi connectivity index (χ2n) is 3.53. The van der Waals surface area contributed by atoms with E-state index in [1.54, 1.807) is 0 Å². The second kappa shape index (κ2) is 5.02. The highest BCUT2D eigenvalue weighted by Crippen LogP contribution is 2.24. The molecule has 0 saturated heterocycles. The van der Waals surface area contributed by atoms with E-state index in [4.69, 9.17) is 5.73 Å². The molecule has 0 saturated carbocycles. The van der Waals surface area contributed by atoms with Gasteiger partial charge in [0.2, 0.25) is 5.95 Å². The van der Waals surface area contributed by atoms with Gasteiger partial charge >= 0.3 is 0 Å². The van der Waals surface area contributed by atoms with E-state index in [9.17, 15) is 0 Å². The van der Waals surface area contributed by atoms with Crippen molar-refractivity contribution in [3.05, 3.63) is 43.0 Å². The van der Waals surface area contributed by atoms with Crippen LogP contribution in [-0.2, 0) is 0 Å². The maximum atomic E-state index is 5.68. The molecule has 94 valence electrons. The molecule has 0 radical (unpaired) electrons. The lowest BCUT2D eigenvalue weighted by Crippen LogP contribution is -2.07. The molecular formula is C11H9N7S. The Hall–Kier alpha value is -2.48. The number of nitrogens with zero attached hydrogens (tertiary/aromatic N) is 6. The molecule has 0 spiro atoms. The fourth-order valence-corrected chi connectivity index (χ4v) is 2.19. The van der Waals surface area contributed by atoms with E-state index in [0.29, 0.717) is 11.1 Å². The van der Waals surface area contributed by atoms with Gasteiger partial charge in [-0.3, -0.25) is 0 Å². The number of hydrogen-bond acceptors (Lipinski definition) is 7. The molecule has 19 heavy (non-hydrogen) atoms. The molecule has 3 rings (SSSR count). The minimum Gasteiger partial charge on any atom is -0.368 e. The van der Waals surface area contributed by atoms with Crippen LogP contribution in [0.4, 0.5) is 5.95 Å². The monoisotopic (exact) mass is 271 g/mol. The Morgan fingerprint density at radius 2 is 1.89 bits per heavy atom. The van der Waals surface area contributed by atoms with E-state index in [2.05, 4.69) is 25.0 Å². The quantitative estimate of drug-likeness (QED) is 0.764. The van der Waals surface area contributed by atoms with E-state index < -0.39 is 0 Å². The van der Waals surface area contributed by atoms with Crippen molar-refractivity contribution in [2.75, 3.05) is 5.73 Å². The Bertz CT molecular complexity index is 669. The molecule has 0 amide bonds. The van der Waals surface area contributed by atoms with Gasteiger partial charge in [0, 0.05) is 4.90 Å². The molecule has 0 bridgehead atoms. The van der Waals surface area contributed by atoms with Crippen LogP contribution in [0.15, 0.2) is 53.0 Å². The van der Waals surface area contributed by atoms with Crippen molar-refractivity contribution in [1.82, 2.24) is 29.7 Å². The highest BCUT2D eigenvalue weighted by atomic mass is 32.2. The van der Waals surface area contributed by atoms with Gasteiger partial charge in [0.05, 0.1) is 0 Å². The van der Waals surface area contributed by atoms with Gasteiger partial charge in [0.1, 0.15) is 12.7 Å². The first-order valence-corrected chi connectivity index (χ1v) is 6.22. The van der Waals surface area contributed by atoms with Crippen LogP contribution in [0.1, 0.15) is 0 Å². The topological polar surface area (TPSA) is 95.4 Å². The third kappa shape index (κ3) is 2.68. The van der Waals surface area contributed by atoms with Crippen molar-refractivity contribution < 1.29 is 0 Å². The standard InChI is InChI=1S/C11H9N7S/c12-9-15-10(18-7-13-6-14-18)17-11(16-9)19-8-4-2-1-3-5-8/h1-7H,(H2,12,15,16,17). The smallest absolute Gasteiger partial charge is 0.257 e. The summed E-state index contributed by atoms with van der Waals surface area (Å²) in [5.41, 5.74) is 5.68. The zero-order valence-electron chi connectivity index (χ0n) is 9.71. The number of aromatic nitrogens is 6. The van der Waals surface area contributed by atoms with Crippen molar-refractivity contribution in [3.63, 3.8) is 0 Å². The summed E-state index contributed by atoms with van der Waals surface area (Å²) in [7, 11) is 0. The van der Waals surface area contributed by atoms with E-state index in [0.717, 1.165) is 4.90 Å². The molecule has 3 aromatic rings. The lowest BCUT2D eigenvalue weighted by atomic mass is 10.4. The molecule has 0 aliphatic rings. The lowest BCUT2D eigenvalue weighted by Gasteiger charge is -2.03. The molecule has 2 N–H and O–H groups in total. The van der Waals surface area contributed by atoms with Crippen LogP contribution in [0.2, 0.25) is 0 Å². The van der Waals surface area contributed by atoms with Gasteiger partial charge in [-0.05, 0) is 23.9 Å². The van der Waals surface area contributed by atoms with Gasteiger partial charge in [0.25, 0.3) is 5.95 Å². The van der Waals surface area contributed by atoms with Crippen LogP contribution in [0.5, 0.6) is 0 Å². The summed E-state index contributed by atoms with van der Waals surface area (Å²) in [5.74, 6) is 0.502. The van der Waals surface area contributed by atoms with Crippen LogP contribution < -0.4 is 5.73 Å². The molecule has 0 atom stereocenters. The SMILES string of the molecule is Nc1nc(Sc2ccccc2)nc(-n2cncn2)n1. The Kier molecular flexibility index (Phi) is 3.07. The first-order valence-electron chi connectivity index (χ1n) is 5.41. The third-order valence-corrected chi connectivity index (χ3v) is 3.07. The summed E-state index contributed by atoms with van der Waals surface area (Å²) >= 11 is 1.41. The predicted molar refractivity (Wildman–Crippen MR) is 69.7 cm³/mol. The van der Waals surface area contributed by atoms with Gasteiger partial charge in [-0.1, -0.05) is 18.2 Å². The summed E-state index contributed by atoms with van der Waals surface area (Å²) in [4.78, 5) is 17.3. The number of nitrogens with two attached hydrogens (primary N) is 1. The van der Waals surface area contributed by atoms with Crippen molar-refractivity contribution in [3.8, 4) is 5.95 Å². The number of rotatable bonds is 3. The number of anilines is 1. The molecular weight excluding hydrogens is 262 g/mol. The Morgan fingerprint density at radius 1 is 1.05 bits per heavy atom. The summed E-state index contributed by atoms with van der Waals surface area (Å²) in [5, 5.41) is 4.48. The fourth-order valence-electron chi connectivity index (χ4n) is 1.41. The van der Waals surface area contributed by atoms with Crippen molar-refractivity contribution >= 4 is 17.7 Å². The van der Waals surface area contributed by atoms with E-state index >= 15 is 0 Å². The van der Waals surface area contributed by atoms with Crippen molar-refractivity contribution in [2.24, 2.45) is 0 Å². The molecule has 0 aliphatic heterocycles. The Morgan fingerprint density at radius 3 is 2.63 bits per heavy atom. The maximum absolute atomic E-state index is 5.68. The molecule has 2 aromatic heterocycles. The van der Waals surface area contributed by atoms with Crippen LogP contribution in [0, 0.1) is 0 Å². The number of hydrogen-bond donors (Lipinski definition) is 1. The molecule has 2 heterocycles. The third-order valence-electron chi connectivity index (χ3n) is 2.20. The van der Waals surface area contributed by atoms with Gasteiger partial charge in [-0.25, -0.2) is 4.98 Å². The van der Waals surface area contributed by atoms with Gasteiger partial charge < -0.3 is 5.73 Å². The highest BCUT2D eigenvalue weighted by molar-refractivity contribution is 7.99. The summed E-state index contributed by atoms with van der Waals surface area (Å²) in [6.07, 6.45) is 2.91. The molecule has 1 aromatic carbocycles. The molecule has 0 aliphatic carbocycles. The fraction of sp³-hybridized carbons (Fsp3) is 0. The van der Waals surface area contributed by atoms with Crippen LogP contribution >= 0.6 is 11.8 Å². The lowest BCUT2D eigenvalue weighted by molar-refractivity contribution is 0.763. The zero-order valence-corrected chi connectivity index (χ0v) is 10.5. The van der Waals surface area contributed by atoms with Gasteiger partial charge in [-0.2, -0.15) is 24.7 Å². The normalized spacial score (nSPS) is 10.5. The summed E-state index contributed by atoms with van der Waals surface area (Å²) < 4.78 is 1.44. The second-order valence-corrected chi connectivity index (χ2v) is 4.57. The van der Waals surface area contributed by atoms with Crippen LogP contribution in [0.25, 0.3) is 5.95 Å². The summed E-state index contributed by atoms with van der Waals surface area (Å²) in [6, 6.07) is 9.79. The average Bonchev–Trinajstić information content (AvgIpc) is 2.93. The predicted octanol–water partition coefficient (Wildman–Crippen LogP) is 1.19. The van der Waals surface area contributed by atoms with E-state index in [1.807, 2.05) is 30.3 Å². The van der Waals surface area contributed by atoms with Gasteiger partial charge in [0.15, 0.2) is 5.16 Å². The highest BCUT2D eigenvalue weighted by Gasteiger charge is 2.08. The largest absolute Gasteiger partial charge is 0.368 e. The van der Waals surface area contributed by atoms with Crippen LogP contribution in [-0.4, -0.2) is 29.7 Å². The van der Waals surface area contributed by atoms with E-state index in [1.165, 1.54) is 29.1 Å². The first kappa shape index (κ1) is 11.6.